The molecule has 125 heavy (non-hydrogen) atoms. The van der Waals surface area contributed by atoms with Gasteiger partial charge in [-0.15, -0.1) is 0 Å². The van der Waals surface area contributed by atoms with Gasteiger partial charge in [0.15, 0.2) is 0 Å². The van der Waals surface area contributed by atoms with Crippen LogP contribution in [0.4, 0.5) is 34.1 Å². The first-order valence-corrected chi connectivity index (χ1v) is 44.3. The van der Waals surface area contributed by atoms with Crippen molar-refractivity contribution >= 4 is 101 Å². The van der Waals surface area contributed by atoms with E-state index in [2.05, 4.69) is 484 Å². The van der Waals surface area contributed by atoms with E-state index in [9.17, 15) is 0 Å². The summed E-state index contributed by atoms with van der Waals surface area (Å²) < 4.78 is 12.7. The Morgan fingerprint density at radius 1 is 0.248 bits per heavy atom. The van der Waals surface area contributed by atoms with Crippen LogP contribution in [0.1, 0.15) is 128 Å². The smallest absolute Gasteiger partial charge is 0.252 e. The molecule has 0 saturated heterocycles. The number of rotatable bonds is 11. The molecule has 604 valence electrons. The fourth-order valence-corrected chi connectivity index (χ4v) is 20.7. The number of anilines is 6. The summed E-state index contributed by atoms with van der Waals surface area (Å²) >= 11 is 0. The summed E-state index contributed by atoms with van der Waals surface area (Å²) in [6.45, 7) is 27.8. The Kier molecular flexibility index (Phi) is 17.8. The first-order chi connectivity index (χ1) is 60.5. The lowest BCUT2D eigenvalue weighted by Gasteiger charge is -2.46. The quantitative estimate of drug-likeness (QED) is 0.121. The fraction of sp³-hybridized carbons (Fsp3) is 0.143. The second kappa shape index (κ2) is 29.0. The predicted molar refractivity (Wildman–Crippen MR) is 530 cm³/mol. The minimum absolute atomic E-state index is 0.0783. The van der Waals surface area contributed by atoms with Crippen molar-refractivity contribution in [1.82, 2.24) is 9.13 Å². The highest BCUT2D eigenvalue weighted by Crippen LogP contribution is 2.60. The number of hydrogen-bond donors (Lipinski definition) is 0. The standard InChI is InChI=1S/C119H99BN4O/c1-115(2,3)84-56-63-104-96(68-84)90-49-31-34-52-102(90)121(104)88-58-61-100-106(74-88)123(113-92(76-37-19-13-20-38-76)70-86(117(7,8)9)71-93(113)77-39-21-14-22-40-77)108-65-81(80-55-60-99-111(67-80)125-110-54-36-33-51-98(110)119(99,82-45-27-17-28-46-82)83-47-29-18-30-48-83)66-109-112(108)120(100)101-62-59-89(122-103-53-35-32-50-91(103)97-69-85(116(4,5)6)57-64-105(97)122)75-107(101)124(109)114-94(78-41-23-15-24-42-78)72-87(118(10,11)12)73-95(114)79-43-25-16-26-44-79/h13-75H,1-12H3. The molecule has 0 spiro atoms. The van der Waals surface area contributed by atoms with Crippen molar-refractivity contribution in [2.45, 2.75) is 110 Å². The summed E-state index contributed by atoms with van der Waals surface area (Å²) in [6, 6.07) is 146. The van der Waals surface area contributed by atoms with E-state index in [1.807, 2.05) is 0 Å². The van der Waals surface area contributed by atoms with E-state index in [0.717, 1.165) is 157 Å². The molecule has 0 fully saturated rings. The highest BCUT2D eigenvalue weighted by atomic mass is 16.5. The Morgan fingerprint density at radius 2 is 0.600 bits per heavy atom. The van der Waals surface area contributed by atoms with E-state index in [4.69, 9.17) is 4.74 Å². The van der Waals surface area contributed by atoms with Crippen LogP contribution < -0.4 is 30.9 Å². The molecule has 5 heterocycles. The number of nitrogens with zero attached hydrogens (tertiary/aromatic N) is 4. The zero-order chi connectivity index (χ0) is 85.2. The molecular formula is C119H99BN4O. The van der Waals surface area contributed by atoms with Gasteiger partial charge in [-0.2, -0.15) is 0 Å². The Hall–Kier alpha value is -14.2. The summed E-state index contributed by atoms with van der Waals surface area (Å²) in [5, 5.41) is 4.90. The number of hydrogen-bond acceptors (Lipinski definition) is 3. The number of fused-ring (bicyclic) bond motifs is 12. The molecule has 3 aliphatic rings. The minimum Gasteiger partial charge on any atom is -0.457 e. The number of ether oxygens (including phenoxy) is 1. The second-order valence-electron chi connectivity index (χ2n) is 38.8. The SMILES string of the molecule is CC(C)(C)c1cc(-c2ccccc2)c(N2c3cc(-n4c5ccccc5c5cc(C(C)(C)C)ccc54)ccc3B3c4ccc(-n5c6ccccc6c6cc(C(C)(C)C)ccc65)cc4N(c4c(-c5ccccc5)cc(C(C)(C)C)cc4-c4ccccc4)c4cc(-c5ccc6c(c5)Oc5ccccc5C6(c5ccccc5)c5ccccc5)cc2c43)c(-c2ccccc2)c1. The largest absolute Gasteiger partial charge is 0.457 e. The van der Waals surface area contributed by atoms with Crippen LogP contribution in [0, 0.1) is 0 Å². The van der Waals surface area contributed by atoms with Gasteiger partial charge in [-0.1, -0.05) is 356 Å². The van der Waals surface area contributed by atoms with Gasteiger partial charge in [-0.25, -0.2) is 0 Å². The molecule has 19 aromatic rings. The summed E-state index contributed by atoms with van der Waals surface area (Å²) in [7, 11) is 0. The summed E-state index contributed by atoms with van der Waals surface area (Å²) in [4.78, 5) is 5.48. The van der Waals surface area contributed by atoms with Gasteiger partial charge in [0.05, 0.1) is 38.9 Å². The molecule has 17 aromatic carbocycles. The van der Waals surface area contributed by atoms with E-state index < -0.39 is 5.41 Å². The third kappa shape index (κ3) is 12.5. The van der Waals surface area contributed by atoms with Crippen LogP contribution >= 0.6 is 0 Å². The van der Waals surface area contributed by atoms with Crippen molar-refractivity contribution in [3.05, 3.63) is 427 Å². The molecular weight excluding hydrogens is 1510 g/mol. The van der Waals surface area contributed by atoms with Gasteiger partial charge in [0, 0.05) is 89.0 Å². The van der Waals surface area contributed by atoms with E-state index >= 15 is 0 Å². The van der Waals surface area contributed by atoms with Crippen molar-refractivity contribution in [2.24, 2.45) is 0 Å². The zero-order valence-electron chi connectivity index (χ0n) is 73.1. The van der Waals surface area contributed by atoms with Gasteiger partial charge in [0.25, 0.3) is 6.71 Å². The molecule has 0 atom stereocenters. The second-order valence-corrected chi connectivity index (χ2v) is 38.8. The maximum absolute atomic E-state index is 7.58. The number of para-hydroxylation sites is 3. The Morgan fingerprint density at radius 3 is 1.00 bits per heavy atom. The van der Waals surface area contributed by atoms with Gasteiger partial charge in [-0.3, -0.25) is 0 Å². The molecule has 0 amide bonds. The van der Waals surface area contributed by atoms with Crippen LogP contribution in [0.3, 0.4) is 0 Å². The maximum Gasteiger partial charge on any atom is 0.252 e. The number of aromatic nitrogens is 2. The molecule has 0 radical (unpaired) electrons. The van der Waals surface area contributed by atoms with Crippen LogP contribution in [-0.4, -0.2) is 15.8 Å². The molecule has 0 saturated carbocycles. The van der Waals surface area contributed by atoms with Gasteiger partial charge in [0.2, 0.25) is 0 Å². The maximum atomic E-state index is 7.58. The topological polar surface area (TPSA) is 25.6 Å². The average molecular weight is 1610 g/mol. The van der Waals surface area contributed by atoms with Crippen LogP contribution in [0.25, 0.3) is 111 Å². The molecule has 3 aliphatic heterocycles. The van der Waals surface area contributed by atoms with Crippen LogP contribution in [0.15, 0.2) is 382 Å². The summed E-state index contributed by atoms with van der Waals surface area (Å²) in [6.07, 6.45) is 0. The number of benzene rings is 17. The first kappa shape index (κ1) is 76.9. The zero-order valence-corrected chi connectivity index (χ0v) is 73.1. The fourth-order valence-electron chi connectivity index (χ4n) is 20.7. The molecule has 2 aromatic heterocycles. The summed E-state index contributed by atoms with van der Waals surface area (Å²) in [5.74, 6) is 1.62. The van der Waals surface area contributed by atoms with E-state index in [-0.39, 0.29) is 28.4 Å². The molecule has 0 unspecified atom stereocenters. The average Bonchev–Trinajstić information content (AvgIpc) is 0.957. The minimum atomic E-state index is -0.755. The van der Waals surface area contributed by atoms with Gasteiger partial charge >= 0.3 is 0 Å². The molecule has 22 rings (SSSR count). The molecule has 6 heteroatoms. The van der Waals surface area contributed by atoms with Crippen molar-refractivity contribution in [3.63, 3.8) is 0 Å². The third-order valence-corrected chi connectivity index (χ3v) is 27.0. The van der Waals surface area contributed by atoms with E-state index in [1.54, 1.807) is 0 Å². The van der Waals surface area contributed by atoms with Crippen LogP contribution in [0.2, 0.25) is 0 Å². The Labute approximate surface area is 734 Å². The van der Waals surface area contributed by atoms with Crippen molar-refractivity contribution < 1.29 is 4.74 Å². The normalized spacial score (nSPS) is 13.5. The Balaban J connectivity index is 0.933. The Bertz CT molecular complexity index is 7010. The van der Waals surface area contributed by atoms with Crippen LogP contribution in [-0.2, 0) is 27.1 Å². The van der Waals surface area contributed by atoms with Gasteiger partial charge in [0.1, 0.15) is 11.5 Å². The third-order valence-electron chi connectivity index (χ3n) is 27.0. The van der Waals surface area contributed by atoms with Crippen molar-refractivity contribution in [1.29, 1.82) is 0 Å². The molecule has 5 nitrogen and oxygen atoms in total. The first-order valence-electron chi connectivity index (χ1n) is 44.3. The molecule has 0 N–H and O–H groups in total. The van der Waals surface area contributed by atoms with Gasteiger partial charge in [-0.05, 0) is 214 Å². The molecule has 0 bridgehead atoms. The monoisotopic (exact) mass is 1610 g/mol. The highest BCUT2D eigenvalue weighted by Gasteiger charge is 2.49. The van der Waals surface area contributed by atoms with E-state index in [1.165, 1.54) is 60.2 Å². The van der Waals surface area contributed by atoms with Crippen molar-refractivity contribution in [3.8, 4) is 78.5 Å². The van der Waals surface area contributed by atoms with Crippen molar-refractivity contribution in [2.75, 3.05) is 9.80 Å². The predicted octanol–water partition coefficient (Wildman–Crippen LogP) is 30.0. The van der Waals surface area contributed by atoms with E-state index in [0.29, 0.717) is 0 Å². The highest BCUT2D eigenvalue weighted by molar-refractivity contribution is 7.00. The molecule has 0 aliphatic carbocycles. The lowest BCUT2D eigenvalue weighted by molar-refractivity contribution is 0.434. The lowest BCUT2D eigenvalue weighted by atomic mass is 9.33. The lowest BCUT2D eigenvalue weighted by Crippen LogP contribution is -2.61. The summed E-state index contributed by atoms with van der Waals surface area (Å²) in [5.41, 5.74) is 36.0. The van der Waals surface area contributed by atoms with Gasteiger partial charge < -0.3 is 23.7 Å². The van der Waals surface area contributed by atoms with Crippen LogP contribution in [0.5, 0.6) is 11.5 Å².